The molecule has 0 unspecified atom stereocenters. The van der Waals surface area contributed by atoms with Crippen molar-refractivity contribution in [2.75, 3.05) is 5.73 Å². The molecule has 0 radical (unpaired) electrons. The van der Waals surface area contributed by atoms with Crippen molar-refractivity contribution in [1.82, 2.24) is 0 Å². The topological polar surface area (TPSA) is 52.3 Å². The van der Waals surface area contributed by atoms with Crippen LogP contribution in [0.25, 0.3) is 0 Å². The monoisotopic (exact) mass is 301 g/mol. The van der Waals surface area contributed by atoms with Gasteiger partial charge in [0.25, 0.3) is 0 Å². The molecule has 1 heterocycles. The minimum atomic E-state index is -0.219. The maximum absolute atomic E-state index is 12.6. The lowest BCUT2D eigenvalue weighted by Gasteiger charge is -2.16. The molecule has 0 aliphatic carbocycles. The first-order valence-electron chi connectivity index (χ1n) is 6.77. The van der Waals surface area contributed by atoms with Crippen LogP contribution in [0.1, 0.15) is 35.3 Å². The second-order valence-corrected chi connectivity index (χ2v) is 6.34. The third-order valence-corrected chi connectivity index (χ3v) is 3.88. The van der Waals surface area contributed by atoms with Crippen LogP contribution in [0.3, 0.4) is 0 Å². The highest BCUT2D eigenvalue weighted by atomic mass is 35.5. The number of nitrogen functional groups attached to an aromatic ring is 1. The summed E-state index contributed by atoms with van der Waals surface area (Å²) in [6.45, 7) is 4.07. The highest BCUT2D eigenvalue weighted by Gasteiger charge is 2.30. The van der Waals surface area contributed by atoms with E-state index in [2.05, 4.69) is 0 Å². The van der Waals surface area contributed by atoms with E-state index in [1.807, 2.05) is 26.0 Å². The molecule has 0 aromatic heterocycles. The summed E-state index contributed by atoms with van der Waals surface area (Å²) in [5, 5.41) is 0.372. The molecule has 0 saturated carbocycles. The number of hydrogen-bond acceptors (Lipinski definition) is 3. The number of benzene rings is 2. The standard InChI is InChI=1S/C17H16ClNO2/c1-17(2)9-11-7-10(3-6-15(11)21-17)16(20)13-5-4-12(19)8-14(13)18/h3-8H,9,19H2,1-2H3. The van der Waals surface area contributed by atoms with Crippen LogP contribution in [-0.4, -0.2) is 11.4 Å². The number of rotatable bonds is 2. The Hall–Kier alpha value is -2.00. The Morgan fingerprint density at radius 1 is 1.24 bits per heavy atom. The van der Waals surface area contributed by atoms with Crippen LogP contribution >= 0.6 is 11.6 Å². The van der Waals surface area contributed by atoms with Crippen LogP contribution in [0.2, 0.25) is 5.02 Å². The molecular weight excluding hydrogens is 286 g/mol. The van der Waals surface area contributed by atoms with E-state index in [1.54, 1.807) is 24.3 Å². The first-order valence-corrected chi connectivity index (χ1v) is 7.15. The van der Waals surface area contributed by atoms with Gasteiger partial charge in [0.1, 0.15) is 11.4 Å². The van der Waals surface area contributed by atoms with Crippen molar-refractivity contribution < 1.29 is 9.53 Å². The van der Waals surface area contributed by atoms with E-state index in [-0.39, 0.29) is 11.4 Å². The van der Waals surface area contributed by atoms with Crippen molar-refractivity contribution in [3.05, 3.63) is 58.1 Å². The maximum atomic E-state index is 12.6. The molecule has 0 fully saturated rings. The Morgan fingerprint density at radius 2 is 2.00 bits per heavy atom. The van der Waals surface area contributed by atoms with Gasteiger partial charge in [-0.05, 0) is 55.8 Å². The van der Waals surface area contributed by atoms with E-state index in [0.29, 0.717) is 21.8 Å². The zero-order chi connectivity index (χ0) is 15.2. The summed E-state index contributed by atoms with van der Waals surface area (Å²) in [7, 11) is 0. The second-order valence-electron chi connectivity index (χ2n) is 5.93. The summed E-state index contributed by atoms with van der Waals surface area (Å²) >= 11 is 6.11. The summed E-state index contributed by atoms with van der Waals surface area (Å²) in [5.41, 5.74) is 8.11. The van der Waals surface area contributed by atoms with Crippen molar-refractivity contribution in [1.29, 1.82) is 0 Å². The Morgan fingerprint density at radius 3 is 2.71 bits per heavy atom. The molecule has 3 nitrogen and oxygen atoms in total. The van der Waals surface area contributed by atoms with Gasteiger partial charge in [-0.3, -0.25) is 4.79 Å². The fourth-order valence-corrected chi connectivity index (χ4v) is 2.90. The number of nitrogens with two attached hydrogens (primary N) is 1. The Labute approximate surface area is 128 Å². The quantitative estimate of drug-likeness (QED) is 0.677. The van der Waals surface area contributed by atoms with Crippen molar-refractivity contribution in [2.45, 2.75) is 25.9 Å². The zero-order valence-electron chi connectivity index (χ0n) is 11.9. The molecule has 0 atom stereocenters. The van der Waals surface area contributed by atoms with E-state index in [9.17, 15) is 4.79 Å². The Balaban J connectivity index is 1.97. The van der Waals surface area contributed by atoms with Crippen molar-refractivity contribution >= 4 is 23.1 Å². The number of halogens is 1. The summed E-state index contributed by atoms with van der Waals surface area (Å²) in [6.07, 6.45) is 0.791. The first-order chi connectivity index (χ1) is 9.85. The summed E-state index contributed by atoms with van der Waals surface area (Å²) < 4.78 is 5.82. The summed E-state index contributed by atoms with van der Waals surface area (Å²) in [5.74, 6) is 0.743. The lowest BCUT2D eigenvalue weighted by molar-refractivity contribution is 0.103. The van der Waals surface area contributed by atoms with Crippen LogP contribution in [-0.2, 0) is 6.42 Å². The van der Waals surface area contributed by atoms with Crippen molar-refractivity contribution in [2.24, 2.45) is 0 Å². The van der Waals surface area contributed by atoms with Crippen molar-refractivity contribution in [3.8, 4) is 5.75 Å². The van der Waals surface area contributed by atoms with Gasteiger partial charge in [0.2, 0.25) is 0 Å². The van der Waals surface area contributed by atoms with Gasteiger partial charge >= 0.3 is 0 Å². The van der Waals surface area contributed by atoms with Gasteiger partial charge in [0.05, 0.1) is 5.02 Å². The van der Waals surface area contributed by atoms with Crippen LogP contribution in [0, 0.1) is 0 Å². The van der Waals surface area contributed by atoms with Crippen LogP contribution < -0.4 is 10.5 Å². The molecule has 2 N–H and O–H groups in total. The number of ketones is 1. The second kappa shape index (κ2) is 4.78. The SMILES string of the molecule is CC1(C)Cc2cc(C(=O)c3ccc(N)cc3Cl)ccc2O1. The first kappa shape index (κ1) is 14.0. The number of carbonyl (C=O) groups is 1. The van der Waals surface area contributed by atoms with E-state index in [1.165, 1.54) is 0 Å². The van der Waals surface area contributed by atoms with E-state index in [4.69, 9.17) is 22.1 Å². The molecule has 0 saturated heterocycles. The molecule has 1 aliphatic rings. The minimum absolute atomic E-state index is 0.104. The molecule has 108 valence electrons. The molecular formula is C17H16ClNO2. The molecule has 0 spiro atoms. The van der Waals surface area contributed by atoms with Gasteiger partial charge in [-0.15, -0.1) is 0 Å². The molecule has 1 aliphatic heterocycles. The van der Waals surface area contributed by atoms with Gasteiger partial charge in [0, 0.05) is 23.2 Å². The highest BCUT2D eigenvalue weighted by molar-refractivity contribution is 6.35. The number of fused-ring (bicyclic) bond motifs is 1. The van der Waals surface area contributed by atoms with E-state index >= 15 is 0 Å². The third kappa shape index (κ3) is 2.61. The van der Waals surface area contributed by atoms with Crippen LogP contribution in [0.15, 0.2) is 36.4 Å². The van der Waals surface area contributed by atoms with Gasteiger partial charge in [-0.1, -0.05) is 11.6 Å². The van der Waals surface area contributed by atoms with Gasteiger partial charge in [0.15, 0.2) is 5.78 Å². The van der Waals surface area contributed by atoms with E-state index in [0.717, 1.165) is 17.7 Å². The number of carbonyl (C=O) groups excluding carboxylic acids is 1. The van der Waals surface area contributed by atoms with Gasteiger partial charge in [-0.2, -0.15) is 0 Å². The van der Waals surface area contributed by atoms with E-state index < -0.39 is 0 Å². The normalized spacial score (nSPS) is 15.4. The fraction of sp³-hybridized carbons (Fsp3) is 0.235. The summed E-state index contributed by atoms with van der Waals surface area (Å²) in [4.78, 5) is 12.6. The molecule has 4 heteroatoms. The van der Waals surface area contributed by atoms with Gasteiger partial charge < -0.3 is 10.5 Å². The van der Waals surface area contributed by atoms with Crippen LogP contribution in [0.5, 0.6) is 5.75 Å². The molecule has 0 bridgehead atoms. The highest BCUT2D eigenvalue weighted by Crippen LogP contribution is 2.35. The third-order valence-electron chi connectivity index (χ3n) is 3.56. The van der Waals surface area contributed by atoms with Crippen LogP contribution in [0.4, 0.5) is 5.69 Å². The molecule has 3 rings (SSSR count). The molecule has 0 amide bonds. The Bertz CT molecular complexity index is 738. The molecule has 2 aromatic rings. The average Bonchev–Trinajstić information content (AvgIpc) is 2.70. The average molecular weight is 302 g/mol. The lowest BCUT2D eigenvalue weighted by Crippen LogP contribution is -2.24. The number of anilines is 1. The van der Waals surface area contributed by atoms with Gasteiger partial charge in [-0.25, -0.2) is 0 Å². The number of ether oxygens (including phenoxy) is 1. The molecule has 21 heavy (non-hydrogen) atoms. The lowest BCUT2D eigenvalue weighted by atomic mass is 9.97. The number of hydrogen-bond donors (Lipinski definition) is 1. The Kier molecular flexibility index (Phi) is 3.18. The molecule has 2 aromatic carbocycles. The zero-order valence-corrected chi connectivity index (χ0v) is 12.7. The predicted molar refractivity (Wildman–Crippen MR) is 84.1 cm³/mol. The summed E-state index contributed by atoms with van der Waals surface area (Å²) in [6, 6.07) is 10.4. The smallest absolute Gasteiger partial charge is 0.194 e. The maximum Gasteiger partial charge on any atom is 0.194 e. The van der Waals surface area contributed by atoms with Crippen molar-refractivity contribution in [3.63, 3.8) is 0 Å². The fourth-order valence-electron chi connectivity index (χ4n) is 2.62. The largest absolute Gasteiger partial charge is 0.487 e. The minimum Gasteiger partial charge on any atom is -0.487 e. The predicted octanol–water partition coefficient (Wildman–Crippen LogP) is 3.87.